The molecule has 0 aromatic rings. The summed E-state index contributed by atoms with van der Waals surface area (Å²) in [7, 11) is 0. The Kier molecular flexibility index (Phi) is 4.36. The first-order chi connectivity index (χ1) is 10.2. The third-order valence-electron chi connectivity index (χ3n) is 5.29. The van der Waals surface area contributed by atoms with E-state index in [0.29, 0.717) is 24.5 Å². The summed E-state index contributed by atoms with van der Waals surface area (Å²) in [4.78, 5) is 27.6. The van der Waals surface area contributed by atoms with Gasteiger partial charge in [-0.3, -0.25) is 4.79 Å². The van der Waals surface area contributed by atoms with Crippen LogP contribution in [-0.2, 0) is 4.79 Å². The van der Waals surface area contributed by atoms with E-state index in [1.807, 2.05) is 4.90 Å². The SMILES string of the molecule is O=C(O)CCN(C(=O)N1CCC[C@H]2CCCC[C@H]21)C1CC1. The normalized spacial score (nSPS) is 28.9. The van der Waals surface area contributed by atoms with Crippen LogP contribution >= 0.6 is 0 Å². The van der Waals surface area contributed by atoms with Crippen LogP contribution in [0.25, 0.3) is 0 Å². The van der Waals surface area contributed by atoms with Gasteiger partial charge in [0.05, 0.1) is 6.42 Å². The Balaban J connectivity index is 1.67. The van der Waals surface area contributed by atoms with Gasteiger partial charge in [0.25, 0.3) is 0 Å². The molecule has 0 aromatic heterocycles. The lowest BCUT2D eigenvalue weighted by Crippen LogP contribution is -2.55. The summed E-state index contributed by atoms with van der Waals surface area (Å²) < 4.78 is 0. The standard InChI is InChI=1S/C16H26N2O3/c19-15(20)9-11-17(13-7-8-13)16(21)18-10-3-5-12-4-1-2-6-14(12)18/h12-14H,1-11H2,(H,19,20)/t12-,14-/m1/s1. The van der Waals surface area contributed by atoms with Crippen LogP contribution in [0.1, 0.15) is 57.8 Å². The number of hydrogen-bond acceptors (Lipinski definition) is 2. The Hall–Kier alpha value is -1.26. The van der Waals surface area contributed by atoms with Crippen LogP contribution in [0.2, 0.25) is 0 Å². The van der Waals surface area contributed by atoms with Crippen LogP contribution in [0.4, 0.5) is 4.79 Å². The average Bonchev–Trinajstić information content (AvgIpc) is 3.31. The molecule has 0 spiro atoms. The van der Waals surface area contributed by atoms with Crippen LogP contribution in [0, 0.1) is 5.92 Å². The van der Waals surface area contributed by atoms with Crippen molar-refractivity contribution in [2.24, 2.45) is 5.92 Å². The highest BCUT2D eigenvalue weighted by Crippen LogP contribution is 2.37. The van der Waals surface area contributed by atoms with E-state index in [0.717, 1.165) is 32.2 Å². The molecule has 2 atom stereocenters. The summed E-state index contributed by atoms with van der Waals surface area (Å²) in [6.07, 6.45) is 9.40. The van der Waals surface area contributed by atoms with Crippen molar-refractivity contribution in [2.75, 3.05) is 13.1 Å². The lowest BCUT2D eigenvalue weighted by molar-refractivity contribution is -0.137. The number of carbonyl (C=O) groups excluding carboxylic acids is 1. The highest BCUT2D eigenvalue weighted by molar-refractivity contribution is 5.76. The minimum atomic E-state index is -0.817. The summed E-state index contributed by atoms with van der Waals surface area (Å²) >= 11 is 0. The highest BCUT2D eigenvalue weighted by Gasteiger charge is 2.41. The number of aliphatic carboxylic acids is 1. The lowest BCUT2D eigenvalue weighted by Gasteiger charge is -2.45. The number of carbonyl (C=O) groups is 2. The number of carboxylic acids is 1. The number of fused-ring (bicyclic) bond motifs is 1. The van der Waals surface area contributed by atoms with Gasteiger partial charge in [0.15, 0.2) is 0 Å². The second-order valence-electron chi connectivity index (χ2n) is 6.80. The number of nitrogens with zero attached hydrogens (tertiary/aromatic N) is 2. The maximum atomic E-state index is 12.9. The Morgan fingerprint density at radius 2 is 1.76 bits per heavy atom. The third-order valence-corrected chi connectivity index (χ3v) is 5.29. The van der Waals surface area contributed by atoms with Gasteiger partial charge in [-0.25, -0.2) is 4.79 Å². The number of likely N-dealkylation sites (tertiary alicyclic amines) is 1. The molecule has 118 valence electrons. The first-order valence-corrected chi connectivity index (χ1v) is 8.46. The molecule has 21 heavy (non-hydrogen) atoms. The van der Waals surface area contributed by atoms with Gasteiger partial charge in [0.1, 0.15) is 0 Å². The van der Waals surface area contributed by atoms with Crippen molar-refractivity contribution in [3.63, 3.8) is 0 Å². The van der Waals surface area contributed by atoms with E-state index < -0.39 is 5.97 Å². The second-order valence-corrected chi connectivity index (χ2v) is 6.80. The van der Waals surface area contributed by atoms with Crippen molar-refractivity contribution in [3.8, 4) is 0 Å². The number of amides is 2. The van der Waals surface area contributed by atoms with Gasteiger partial charge in [-0.05, 0) is 44.4 Å². The summed E-state index contributed by atoms with van der Waals surface area (Å²) in [5, 5.41) is 8.89. The molecule has 2 aliphatic carbocycles. The molecule has 3 aliphatic rings. The van der Waals surface area contributed by atoms with Crippen molar-refractivity contribution >= 4 is 12.0 Å². The molecule has 0 unspecified atom stereocenters. The summed E-state index contributed by atoms with van der Waals surface area (Å²) in [6, 6.07) is 0.808. The fourth-order valence-electron chi connectivity index (χ4n) is 4.06. The maximum absolute atomic E-state index is 12.9. The van der Waals surface area contributed by atoms with Crippen molar-refractivity contribution in [2.45, 2.75) is 69.9 Å². The average molecular weight is 294 g/mol. The van der Waals surface area contributed by atoms with Crippen LogP contribution in [0.5, 0.6) is 0 Å². The molecule has 0 bridgehead atoms. The maximum Gasteiger partial charge on any atom is 0.320 e. The number of urea groups is 1. The van der Waals surface area contributed by atoms with Crippen molar-refractivity contribution in [1.82, 2.24) is 9.80 Å². The van der Waals surface area contributed by atoms with Gasteiger partial charge < -0.3 is 14.9 Å². The van der Waals surface area contributed by atoms with Crippen LogP contribution < -0.4 is 0 Å². The minimum Gasteiger partial charge on any atom is -0.481 e. The van der Waals surface area contributed by atoms with E-state index in [1.54, 1.807) is 0 Å². The molecule has 2 saturated carbocycles. The zero-order valence-corrected chi connectivity index (χ0v) is 12.7. The zero-order chi connectivity index (χ0) is 14.8. The Morgan fingerprint density at radius 1 is 1.05 bits per heavy atom. The molecule has 1 saturated heterocycles. The van der Waals surface area contributed by atoms with Crippen LogP contribution in [0.3, 0.4) is 0 Å². The Labute approximate surface area is 126 Å². The topological polar surface area (TPSA) is 60.9 Å². The fraction of sp³-hybridized carbons (Fsp3) is 0.875. The predicted molar refractivity (Wildman–Crippen MR) is 79.1 cm³/mol. The predicted octanol–water partition coefficient (Wildman–Crippen LogP) is 2.70. The van der Waals surface area contributed by atoms with Crippen LogP contribution in [0.15, 0.2) is 0 Å². The number of rotatable bonds is 4. The molecule has 1 aliphatic heterocycles. The molecule has 2 amide bonds. The van der Waals surface area contributed by atoms with Gasteiger partial charge in [-0.2, -0.15) is 0 Å². The van der Waals surface area contributed by atoms with Gasteiger partial charge >= 0.3 is 12.0 Å². The van der Waals surface area contributed by atoms with Crippen LogP contribution in [-0.4, -0.2) is 52.1 Å². The first-order valence-electron chi connectivity index (χ1n) is 8.46. The van der Waals surface area contributed by atoms with E-state index in [4.69, 9.17) is 5.11 Å². The molecule has 0 aromatic carbocycles. The number of hydrogen-bond donors (Lipinski definition) is 1. The molecule has 1 N–H and O–H groups in total. The van der Waals surface area contributed by atoms with E-state index >= 15 is 0 Å². The molecule has 5 heteroatoms. The lowest BCUT2D eigenvalue weighted by atomic mass is 9.78. The fourth-order valence-corrected chi connectivity index (χ4v) is 4.06. The quantitative estimate of drug-likeness (QED) is 0.867. The van der Waals surface area contributed by atoms with E-state index in [1.165, 1.54) is 25.7 Å². The van der Waals surface area contributed by atoms with E-state index in [2.05, 4.69) is 4.90 Å². The smallest absolute Gasteiger partial charge is 0.320 e. The molecule has 3 rings (SSSR count). The molecular formula is C16H26N2O3. The van der Waals surface area contributed by atoms with Gasteiger partial charge in [-0.15, -0.1) is 0 Å². The summed E-state index contributed by atoms with van der Waals surface area (Å²) in [5.41, 5.74) is 0. The van der Waals surface area contributed by atoms with E-state index in [-0.39, 0.29) is 12.5 Å². The molecule has 0 radical (unpaired) electrons. The van der Waals surface area contributed by atoms with Gasteiger partial charge in [-0.1, -0.05) is 12.8 Å². The number of piperidine rings is 1. The van der Waals surface area contributed by atoms with Crippen molar-refractivity contribution in [3.05, 3.63) is 0 Å². The highest BCUT2D eigenvalue weighted by atomic mass is 16.4. The van der Waals surface area contributed by atoms with Crippen molar-refractivity contribution < 1.29 is 14.7 Å². The van der Waals surface area contributed by atoms with Crippen molar-refractivity contribution in [1.29, 1.82) is 0 Å². The van der Waals surface area contributed by atoms with Gasteiger partial charge in [0, 0.05) is 25.2 Å². The summed E-state index contributed by atoms with van der Waals surface area (Å²) in [6.45, 7) is 1.23. The van der Waals surface area contributed by atoms with E-state index in [9.17, 15) is 9.59 Å². The number of carboxylic acid groups (broad SMARTS) is 1. The monoisotopic (exact) mass is 294 g/mol. The Bertz CT molecular complexity index is 406. The van der Waals surface area contributed by atoms with Gasteiger partial charge in [0.2, 0.25) is 0 Å². The largest absolute Gasteiger partial charge is 0.481 e. The zero-order valence-electron chi connectivity index (χ0n) is 12.7. The second kappa shape index (κ2) is 6.24. The Morgan fingerprint density at radius 3 is 2.48 bits per heavy atom. The summed E-state index contributed by atoms with van der Waals surface area (Å²) in [5.74, 6) is -0.139. The minimum absolute atomic E-state index is 0.0597. The first kappa shape index (κ1) is 14.7. The molecule has 5 nitrogen and oxygen atoms in total. The third kappa shape index (κ3) is 3.33. The molecule has 3 fully saturated rings. The molecular weight excluding hydrogens is 268 g/mol. The molecule has 1 heterocycles.